The van der Waals surface area contributed by atoms with Crippen LogP contribution in [0, 0.1) is 10.1 Å². The molecule has 7 heteroatoms. The van der Waals surface area contributed by atoms with Crippen LogP contribution < -0.4 is 9.47 Å². The summed E-state index contributed by atoms with van der Waals surface area (Å²) < 4.78 is 12.4. The molecule has 7 nitrogen and oxygen atoms in total. The quantitative estimate of drug-likeness (QED) is 0.291. The van der Waals surface area contributed by atoms with E-state index in [0.29, 0.717) is 17.4 Å². The van der Waals surface area contributed by atoms with Crippen LogP contribution in [-0.4, -0.2) is 35.8 Å². The van der Waals surface area contributed by atoms with Crippen LogP contribution in [0.3, 0.4) is 0 Å². The number of benzene rings is 3. The zero-order chi connectivity index (χ0) is 23.0. The van der Waals surface area contributed by atoms with Gasteiger partial charge in [0, 0.05) is 31.1 Å². The van der Waals surface area contributed by atoms with Gasteiger partial charge < -0.3 is 14.4 Å². The first-order valence-electron chi connectivity index (χ1n) is 11.1. The maximum absolute atomic E-state index is 10.9. The van der Waals surface area contributed by atoms with Gasteiger partial charge in [-0.1, -0.05) is 37.3 Å². The molecule has 0 N–H and O–H groups in total. The third-order valence-corrected chi connectivity index (χ3v) is 5.68. The number of non-ortho nitro benzene ring substituents is 1. The van der Waals surface area contributed by atoms with Gasteiger partial charge in [-0.05, 0) is 47.9 Å². The van der Waals surface area contributed by atoms with Crippen molar-refractivity contribution in [2.45, 2.75) is 25.9 Å². The van der Waals surface area contributed by atoms with Gasteiger partial charge in [0.15, 0.2) is 11.5 Å². The minimum Gasteiger partial charge on any atom is -0.485 e. The van der Waals surface area contributed by atoms with E-state index in [1.807, 2.05) is 48.8 Å². The average molecular weight is 446 g/mol. The molecule has 0 amide bonds. The molecule has 0 saturated carbocycles. The third-order valence-electron chi connectivity index (χ3n) is 5.68. The number of hydrogen-bond donors (Lipinski definition) is 0. The topological polar surface area (TPSA) is 77.2 Å². The van der Waals surface area contributed by atoms with Crippen LogP contribution in [0.5, 0.6) is 17.2 Å². The Kier molecular flexibility index (Phi) is 7.19. The molecule has 1 aliphatic rings. The number of rotatable bonds is 10. The van der Waals surface area contributed by atoms with E-state index in [4.69, 9.17) is 9.47 Å². The third kappa shape index (κ3) is 5.68. The van der Waals surface area contributed by atoms with E-state index in [0.717, 1.165) is 42.9 Å². The van der Waals surface area contributed by atoms with Crippen molar-refractivity contribution < 1.29 is 14.4 Å². The van der Waals surface area contributed by atoms with Gasteiger partial charge in [-0.25, -0.2) is 0 Å². The minimum absolute atomic E-state index is 0.0600. The van der Waals surface area contributed by atoms with Gasteiger partial charge in [0.2, 0.25) is 0 Å². The van der Waals surface area contributed by atoms with Crippen LogP contribution in [0.15, 0.2) is 77.8 Å². The molecule has 3 aromatic carbocycles. The minimum atomic E-state index is -0.411. The van der Waals surface area contributed by atoms with Crippen molar-refractivity contribution in [1.29, 1.82) is 0 Å². The molecule has 170 valence electrons. The molecule has 4 rings (SSSR count). The molecule has 1 unspecified atom stereocenters. The summed E-state index contributed by atoms with van der Waals surface area (Å²) in [6.45, 7) is 5.19. The number of nitro groups is 1. The monoisotopic (exact) mass is 445 g/mol. The predicted molar refractivity (Wildman–Crippen MR) is 128 cm³/mol. The van der Waals surface area contributed by atoms with E-state index in [1.54, 1.807) is 12.1 Å². The van der Waals surface area contributed by atoms with E-state index in [1.165, 1.54) is 12.1 Å². The SMILES string of the molecule is CCC(CN1C=NCC1)c1ccccc1Oc1ccccc1OCc1ccc([N+](=O)[O-])cc1. The fraction of sp³-hybridized carbons (Fsp3) is 0.269. The molecule has 1 atom stereocenters. The van der Waals surface area contributed by atoms with Crippen molar-refractivity contribution in [2.24, 2.45) is 4.99 Å². The lowest BCUT2D eigenvalue weighted by Gasteiger charge is -2.24. The number of para-hydroxylation sites is 3. The molecule has 0 aromatic heterocycles. The maximum atomic E-state index is 10.9. The first-order valence-corrected chi connectivity index (χ1v) is 11.1. The first-order chi connectivity index (χ1) is 16.1. The Hall–Kier alpha value is -3.87. The van der Waals surface area contributed by atoms with Crippen molar-refractivity contribution in [2.75, 3.05) is 19.6 Å². The fourth-order valence-corrected chi connectivity index (χ4v) is 3.84. The summed E-state index contributed by atoms with van der Waals surface area (Å²) in [7, 11) is 0. The largest absolute Gasteiger partial charge is 0.485 e. The zero-order valence-corrected chi connectivity index (χ0v) is 18.6. The molecule has 0 radical (unpaired) electrons. The molecule has 1 aliphatic heterocycles. The highest BCUT2D eigenvalue weighted by molar-refractivity contribution is 5.57. The van der Waals surface area contributed by atoms with Gasteiger partial charge in [0.1, 0.15) is 12.4 Å². The van der Waals surface area contributed by atoms with Crippen LogP contribution in [-0.2, 0) is 6.61 Å². The van der Waals surface area contributed by atoms with Gasteiger partial charge >= 0.3 is 0 Å². The van der Waals surface area contributed by atoms with Gasteiger partial charge in [-0.3, -0.25) is 15.1 Å². The summed E-state index contributed by atoms with van der Waals surface area (Å²) in [5, 5.41) is 10.9. The van der Waals surface area contributed by atoms with Crippen LogP contribution in [0.2, 0.25) is 0 Å². The Morgan fingerprint density at radius 3 is 2.36 bits per heavy atom. The zero-order valence-electron chi connectivity index (χ0n) is 18.6. The maximum Gasteiger partial charge on any atom is 0.269 e. The summed E-state index contributed by atoms with van der Waals surface area (Å²) in [4.78, 5) is 17.0. The lowest BCUT2D eigenvalue weighted by molar-refractivity contribution is -0.384. The van der Waals surface area contributed by atoms with Gasteiger partial charge in [-0.2, -0.15) is 0 Å². The second-order valence-corrected chi connectivity index (χ2v) is 7.92. The molecular weight excluding hydrogens is 418 g/mol. The van der Waals surface area contributed by atoms with Crippen LogP contribution in [0.25, 0.3) is 0 Å². The van der Waals surface area contributed by atoms with E-state index < -0.39 is 4.92 Å². The number of ether oxygens (including phenoxy) is 2. The average Bonchev–Trinajstić information content (AvgIpc) is 3.36. The Labute approximate surface area is 193 Å². The second kappa shape index (κ2) is 10.6. The van der Waals surface area contributed by atoms with Crippen molar-refractivity contribution in [1.82, 2.24) is 4.90 Å². The van der Waals surface area contributed by atoms with E-state index in [2.05, 4.69) is 22.9 Å². The normalized spacial score (nSPS) is 13.7. The van der Waals surface area contributed by atoms with E-state index >= 15 is 0 Å². The Morgan fingerprint density at radius 1 is 1.00 bits per heavy atom. The summed E-state index contributed by atoms with van der Waals surface area (Å²) in [6.07, 6.45) is 2.93. The molecule has 0 spiro atoms. The lowest BCUT2D eigenvalue weighted by atomic mass is 9.95. The van der Waals surface area contributed by atoms with Gasteiger partial charge in [0.25, 0.3) is 5.69 Å². The highest BCUT2D eigenvalue weighted by atomic mass is 16.6. The van der Waals surface area contributed by atoms with Crippen molar-refractivity contribution in [3.05, 3.63) is 94.0 Å². The lowest BCUT2D eigenvalue weighted by Crippen LogP contribution is -2.25. The molecule has 0 aliphatic carbocycles. The number of hydrogen-bond acceptors (Lipinski definition) is 6. The van der Waals surface area contributed by atoms with Crippen molar-refractivity contribution in [3.63, 3.8) is 0 Å². The molecule has 0 fully saturated rings. The van der Waals surface area contributed by atoms with E-state index in [-0.39, 0.29) is 12.3 Å². The summed E-state index contributed by atoms with van der Waals surface area (Å²) >= 11 is 0. The molecule has 0 bridgehead atoms. The highest BCUT2D eigenvalue weighted by Gasteiger charge is 2.19. The van der Waals surface area contributed by atoms with Crippen molar-refractivity contribution in [3.8, 4) is 17.2 Å². The van der Waals surface area contributed by atoms with Crippen LogP contribution in [0.1, 0.15) is 30.4 Å². The smallest absolute Gasteiger partial charge is 0.269 e. The molecule has 0 saturated heterocycles. The predicted octanol–water partition coefficient (Wildman–Crippen LogP) is 5.80. The number of nitrogens with zero attached hydrogens (tertiary/aromatic N) is 3. The molecule has 3 aromatic rings. The van der Waals surface area contributed by atoms with Gasteiger partial charge in [0.05, 0.1) is 17.8 Å². The fourth-order valence-electron chi connectivity index (χ4n) is 3.84. The van der Waals surface area contributed by atoms with Crippen LogP contribution in [0.4, 0.5) is 5.69 Å². The highest BCUT2D eigenvalue weighted by Crippen LogP contribution is 2.37. The van der Waals surface area contributed by atoms with E-state index in [9.17, 15) is 10.1 Å². The Balaban J connectivity index is 1.49. The summed E-state index contributed by atoms with van der Waals surface area (Å²) in [6, 6.07) is 22.0. The second-order valence-electron chi connectivity index (χ2n) is 7.92. The Morgan fingerprint density at radius 2 is 1.70 bits per heavy atom. The number of nitro benzene ring substituents is 1. The van der Waals surface area contributed by atoms with Crippen LogP contribution >= 0.6 is 0 Å². The molecule has 1 heterocycles. The first kappa shape index (κ1) is 22.3. The summed E-state index contributed by atoms with van der Waals surface area (Å²) in [5.41, 5.74) is 2.06. The van der Waals surface area contributed by atoms with Crippen molar-refractivity contribution >= 4 is 12.0 Å². The molecule has 33 heavy (non-hydrogen) atoms. The van der Waals surface area contributed by atoms with Gasteiger partial charge in [-0.15, -0.1) is 0 Å². The summed E-state index contributed by atoms with van der Waals surface area (Å²) in [5.74, 6) is 2.38. The number of aliphatic imine (C=N–C) groups is 1. The Bertz CT molecular complexity index is 1110. The molecular formula is C26H27N3O4. The standard InChI is InChI=1S/C26H27N3O4/c1-2-21(17-28-16-15-27-19-28)23-7-3-4-8-24(23)33-26-10-6-5-9-25(26)32-18-20-11-13-22(14-12-20)29(30)31/h3-14,19,21H,2,15-18H2,1H3.